The van der Waals surface area contributed by atoms with Gasteiger partial charge in [0.25, 0.3) is 0 Å². The summed E-state index contributed by atoms with van der Waals surface area (Å²) >= 11 is 0. The first-order valence-electron chi connectivity index (χ1n) is 9.47. The predicted octanol–water partition coefficient (Wildman–Crippen LogP) is 4.42. The quantitative estimate of drug-likeness (QED) is 0.244. The van der Waals surface area contributed by atoms with E-state index < -0.39 is 42.2 Å². The van der Waals surface area contributed by atoms with Gasteiger partial charge < -0.3 is 19.6 Å². The van der Waals surface area contributed by atoms with Crippen molar-refractivity contribution >= 4 is 7.32 Å². The van der Waals surface area contributed by atoms with E-state index in [2.05, 4.69) is 30.3 Å². The van der Waals surface area contributed by atoms with E-state index in [1.165, 1.54) is 58.2 Å². The van der Waals surface area contributed by atoms with Crippen LogP contribution < -0.4 is 4.65 Å². The molecule has 4 nitrogen and oxygen atoms in total. The van der Waals surface area contributed by atoms with Gasteiger partial charge in [-0.15, -0.1) is 0 Å². The van der Waals surface area contributed by atoms with E-state index in [0.29, 0.717) is 0 Å². The van der Waals surface area contributed by atoms with Crippen LogP contribution in [0.4, 0.5) is 22.0 Å². The Bertz CT molecular complexity index is 531. The summed E-state index contributed by atoms with van der Waals surface area (Å²) in [6, 6.07) is 0. The summed E-state index contributed by atoms with van der Waals surface area (Å²) in [5.74, 6) is -13.1. The smallest absolute Gasteiger partial charge is 0.507 e. The number of rotatable bonds is 11. The van der Waals surface area contributed by atoms with Gasteiger partial charge in [0.2, 0.25) is 29.1 Å². The van der Waals surface area contributed by atoms with Crippen molar-refractivity contribution in [2.24, 2.45) is 0 Å². The normalized spacial score (nSPS) is 10.7. The summed E-state index contributed by atoms with van der Waals surface area (Å²) in [6.07, 6.45) is 8.09. The average molecular weight is 413 g/mol. The van der Waals surface area contributed by atoms with Crippen LogP contribution in [0.2, 0.25) is 0 Å². The van der Waals surface area contributed by atoms with Gasteiger partial charge in [0.15, 0.2) is 5.75 Å². The Balaban J connectivity index is 0.000000528. The Morgan fingerprint density at radius 1 is 0.679 bits per heavy atom. The molecule has 0 heterocycles. The van der Waals surface area contributed by atoms with Crippen molar-refractivity contribution < 1.29 is 36.7 Å². The van der Waals surface area contributed by atoms with Gasteiger partial charge in [0.05, 0.1) is 0 Å². The zero-order valence-corrected chi connectivity index (χ0v) is 16.6. The first kappa shape index (κ1) is 26.6. The average Bonchev–Trinajstić information content (AvgIpc) is 2.68. The Morgan fingerprint density at radius 3 is 1.29 bits per heavy atom. The molecule has 28 heavy (non-hydrogen) atoms. The highest BCUT2D eigenvalue weighted by Gasteiger charge is 2.29. The highest BCUT2D eigenvalue weighted by atomic mass is 19.2. The molecule has 0 radical (unpaired) electrons. The molecule has 0 fully saturated rings. The molecule has 1 aromatic rings. The summed E-state index contributed by atoms with van der Waals surface area (Å²) < 4.78 is 66.3. The lowest BCUT2D eigenvalue weighted by atomic mass is 10.2. The van der Waals surface area contributed by atoms with Crippen LogP contribution in [0.25, 0.3) is 0 Å². The molecule has 0 aliphatic rings. The molecule has 162 valence electrons. The highest BCUT2D eigenvalue weighted by Crippen LogP contribution is 2.29. The second-order valence-corrected chi connectivity index (χ2v) is 6.25. The molecule has 0 spiro atoms. The van der Waals surface area contributed by atoms with Crippen molar-refractivity contribution in [2.45, 2.75) is 59.3 Å². The van der Waals surface area contributed by atoms with Crippen molar-refractivity contribution in [3.63, 3.8) is 0 Å². The van der Waals surface area contributed by atoms with E-state index in [0.717, 1.165) is 0 Å². The number of benzene rings is 1. The molecule has 0 aliphatic heterocycles. The highest BCUT2D eigenvalue weighted by molar-refractivity contribution is 6.33. The molecule has 0 atom stereocenters. The van der Waals surface area contributed by atoms with Crippen LogP contribution in [0.5, 0.6) is 5.75 Å². The molecular formula is C18H29BF5NO3. The monoisotopic (exact) mass is 413 g/mol. The number of hydrogen-bond acceptors (Lipinski definition) is 4. The van der Waals surface area contributed by atoms with Crippen LogP contribution >= 0.6 is 0 Å². The van der Waals surface area contributed by atoms with Gasteiger partial charge in [-0.05, 0) is 38.9 Å². The van der Waals surface area contributed by atoms with E-state index in [4.69, 9.17) is 10.0 Å². The van der Waals surface area contributed by atoms with Crippen molar-refractivity contribution in [1.82, 2.24) is 4.90 Å². The summed E-state index contributed by atoms with van der Waals surface area (Å²) in [6.45, 7) is 10.8. The van der Waals surface area contributed by atoms with E-state index in [-0.39, 0.29) is 0 Å². The van der Waals surface area contributed by atoms with Gasteiger partial charge in [0.1, 0.15) is 0 Å². The topological polar surface area (TPSA) is 52.9 Å². The van der Waals surface area contributed by atoms with Crippen molar-refractivity contribution in [2.75, 3.05) is 19.6 Å². The van der Waals surface area contributed by atoms with Gasteiger partial charge in [-0.3, -0.25) is 0 Å². The Kier molecular flexibility index (Phi) is 13.9. The molecular weight excluding hydrogens is 384 g/mol. The van der Waals surface area contributed by atoms with Crippen LogP contribution in [0.1, 0.15) is 59.3 Å². The van der Waals surface area contributed by atoms with Gasteiger partial charge >= 0.3 is 7.32 Å². The predicted molar refractivity (Wildman–Crippen MR) is 98.2 cm³/mol. The Hall–Kier alpha value is -1.39. The van der Waals surface area contributed by atoms with Gasteiger partial charge in [0, 0.05) is 0 Å². The molecule has 1 aromatic carbocycles. The molecule has 2 N–H and O–H groups in total. The first-order chi connectivity index (χ1) is 13.2. The Morgan fingerprint density at radius 2 is 1.00 bits per heavy atom. The summed E-state index contributed by atoms with van der Waals surface area (Å²) in [4.78, 5) is 2.64. The summed E-state index contributed by atoms with van der Waals surface area (Å²) in [5, 5.41) is 16.3. The van der Waals surface area contributed by atoms with Crippen LogP contribution in [-0.2, 0) is 0 Å². The fraction of sp³-hybridized carbons (Fsp3) is 0.667. The van der Waals surface area contributed by atoms with Gasteiger partial charge in [-0.2, -0.15) is 8.78 Å². The fourth-order valence-electron chi connectivity index (χ4n) is 2.27. The third kappa shape index (κ3) is 9.21. The van der Waals surface area contributed by atoms with Gasteiger partial charge in [-0.1, -0.05) is 40.0 Å². The van der Waals surface area contributed by atoms with E-state index >= 15 is 0 Å². The maximum Gasteiger partial charge on any atom is 0.707 e. The minimum Gasteiger partial charge on any atom is -0.507 e. The molecule has 0 saturated heterocycles. The molecule has 0 bridgehead atoms. The van der Waals surface area contributed by atoms with Crippen LogP contribution in [-0.4, -0.2) is 41.9 Å². The number of halogens is 5. The number of hydrogen-bond donors (Lipinski definition) is 2. The zero-order chi connectivity index (χ0) is 21.7. The standard InChI is InChI=1S/C12H27N.C6H2BF5O3/c1-4-7-10-13(11-8-5-2)12-9-6-3;8-1-2(9)4(11)6(15-7(13)14)5(12)3(1)10/h4-12H2,1-3H3;13-14H. The lowest BCUT2D eigenvalue weighted by Gasteiger charge is -2.21. The van der Waals surface area contributed by atoms with Gasteiger partial charge in [-0.25, -0.2) is 13.2 Å². The van der Waals surface area contributed by atoms with Crippen LogP contribution in [0.3, 0.4) is 0 Å². The maximum absolute atomic E-state index is 12.7. The zero-order valence-electron chi connectivity index (χ0n) is 16.6. The third-order valence-corrected chi connectivity index (χ3v) is 3.88. The first-order valence-corrected chi connectivity index (χ1v) is 9.47. The second-order valence-electron chi connectivity index (χ2n) is 6.25. The summed E-state index contributed by atoms with van der Waals surface area (Å²) in [7, 11) is -2.70. The van der Waals surface area contributed by atoms with Crippen LogP contribution in [0.15, 0.2) is 0 Å². The minimum atomic E-state index is -2.70. The second kappa shape index (κ2) is 14.6. The molecule has 0 amide bonds. The molecule has 10 heteroatoms. The lowest BCUT2D eigenvalue weighted by Crippen LogP contribution is -2.27. The SMILES string of the molecule is CCCCN(CCCC)CCCC.OB(O)Oc1c(F)c(F)c(F)c(F)c1F. The van der Waals surface area contributed by atoms with Crippen molar-refractivity contribution in [1.29, 1.82) is 0 Å². The molecule has 0 aromatic heterocycles. The Labute approximate surface area is 163 Å². The number of nitrogens with zero attached hydrogens (tertiary/aromatic N) is 1. The lowest BCUT2D eigenvalue weighted by molar-refractivity contribution is 0.261. The van der Waals surface area contributed by atoms with E-state index in [9.17, 15) is 22.0 Å². The third-order valence-electron chi connectivity index (χ3n) is 3.88. The van der Waals surface area contributed by atoms with Crippen molar-refractivity contribution in [3.05, 3.63) is 29.1 Å². The number of unbranched alkanes of at least 4 members (excludes halogenated alkanes) is 3. The van der Waals surface area contributed by atoms with Crippen molar-refractivity contribution in [3.8, 4) is 5.75 Å². The molecule has 0 saturated carbocycles. The maximum atomic E-state index is 12.7. The van der Waals surface area contributed by atoms with E-state index in [1.807, 2.05) is 0 Å². The summed E-state index contributed by atoms with van der Waals surface area (Å²) in [5.41, 5.74) is 0. The van der Waals surface area contributed by atoms with Crippen LogP contribution in [0, 0.1) is 29.1 Å². The van der Waals surface area contributed by atoms with E-state index in [1.54, 1.807) is 0 Å². The molecule has 0 aliphatic carbocycles. The minimum absolute atomic E-state index is 1.32. The molecule has 0 unspecified atom stereocenters. The largest absolute Gasteiger partial charge is 0.707 e. The molecule has 1 rings (SSSR count). The fourth-order valence-corrected chi connectivity index (χ4v) is 2.27.